The van der Waals surface area contributed by atoms with Crippen LogP contribution in [-0.4, -0.2) is 28.9 Å². The highest BCUT2D eigenvalue weighted by Gasteiger charge is 2.35. The van der Waals surface area contributed by atoms with Crippen LogP contribution in [0.4, 0.5) is 0 Å². The lowest BCUT2D eigenvalue weighted by Gasteiger charge is -2.44. The van der Waals surface area contributed by atoms with E-state index >= 15 is 0 Å². The molecule has 3 heteroatoms. The molecule has 3 nitrogen and oxygen atoms in total. The largest absolute Gasteiger partial charge is 0.368 e. The Hall–Kier alpha value is -0.570. The van der Waals surface area contributed by atoms with Crippen LogP contribution in [0.3, 0.4) is 0 Å². The van der Waals surface area contributed by atoms with Gasteiger partial charge in [0.25, 0.3) is 0 Å². The molecule has 0 aromatic carbocycles. The van der Waals surface area contributed by atoms with Crippen molar-refractivity contribution in [3.63, 3.8) is 0 Å². The number of carbonyl (C=O) groups is 1. The number of hydrogen-bond donors (Lipinski definition) is 1. The Bertz CT molecular complexity index is 218. The molecular formula is C12H24N2O. The second-order valence-corrected chi connectivity index (χ2v) is 5.17. The number of carbonyl (C=O) groups excluding carboxylic acids is 1. The Kier molecular flexibility index (Phi) is 4.14. The minimum absolute atomic E-state index is 0.102. The Morgan fingerprint density at radius 1 is 1.27 bits per heavy atom. The summed E-state index contributed by atoms with van der Waals surface area (Å²) in [6, 6.07) is 0.859. The molecule has 3 atom stereocenters. The van der Waals surface area contributed by atoms with Crippen molar-refractivity contribution in [2.24, 2.45) is 11.7 Å². The van der Waals surface area contributed by atoms with Gasteiger partial charge >= 0.3 is 0 Å². The van der Waals surface area contributed by atoms with Crippen LogP contribution in [0.2, 0.25) is 0 Å². The van der Waals surface area contributed by atoms with Crippen molar-refractivity contribution in [3.8, 4) is 0 Å². The van der Waals surface area contributed by atoms with Crippen LogP contribution >= 0.6 is 0 Å². The van der Waals surface area contributed by atoms with Crippen LogP contribution in [0, 0.1) is 5.92 Å². The number of nitrogens with two attached hydrogens (primary N) is 1. The average molecular weight is 212 g/mol. The molecule has 1 fully saturated rings. The molecule has 88 valence electrons. The van der Waals surface area contributed by atoms with Crippen LogP contribution in [0.1, 0.15) is 47.0 Å². The maximum atomic E-state index is 11.5. The summed E-state index contributed by atoms with van der Waals surface area (Å²) < 4.78 is 0. The molecule has 0 aromatic heterocycles. The van der Waals surface area contributed by atoms with Gasteiger partial charge in [0.2, 0.25) is 5.91 Å². The van der Waals surface area contributed by atoms with Crippen LogP contribution in [-0.2, 0) is 4.79 Å². The summed E-state index contributed by atoms with van der Waals surface area (Å²) in [5.41, 5.74) is 5.51. The number of rotatable bonds is 3. The lowest BCUT2D eigenvalue weighted by atomic mass is 9.91. The molecule has 3 unspecified atom stereocenters. The first kappa shape index (κ1) is 12.5. The zero-order chi connectivity index (χ0) is 11.6. The molecule has 0 spiro atoms. The summed E-state index contributed by atoms with van der Waals surface area (Å²) in [5, 5.41) is 0. The molecule has 1 heterocycles. The molecular weight excluding hydrogens is 188 g/mol. The quantitative estimate of drug-likeness (QED) is 0.775. The molecule has 15 heavy (non-hydrogen) atoms. The third-order valence-corrected chi connectivity index (χ3v) is 3.51. The van der Waals surface area contributed by atoms with E-state index in [4.69, 9.17) is 5.73 Å². The van der Waals surface area contributed by atoms with Crippen LogP contribution in [0.25, 0.3) is 0 Å². The van der Waals surface area contributed by atoms with Crippen molar-refractivity contribution < 1.29 is 4.79 Å². The Morgan fingerprint density at radius 3 is 2.07 bits per heavy atom. The third-order valence-electron chi connectivity index (χ3n) is 3.51. The fraction of sp³-hybridized carbons (Fsp3) is 0.917. The first-order valence-electron chi connectivity index (χ1n) is 6.02. The van der Waals surface area contributed by atoms with E-state index in [0.29, 0.717) is 18.0 Å². The van der Waals surface area contributed by atoms with Crippen molar-refractivity contribution in [2.45, 2.75) is 65.1 Å². The predicted molar refractivity (Wildman–Crippen MR) is 62.4 cm³/mol. The number of piperidine rings is 1. The summed E-state index contributed by atoms with van der Waals surface area (Å²) in [7, 11) is 0. The standard InChI is InChI=1S/C12H24N2O/c1-8(2)11(12(13)15)14-9(3)6-5-7-10(14)4/h8-11H,5-7H2,1-4H3,(H2,13,15). The zero-order valence-electron chi connectivity index (χ0n) is 10.4. The van der Waals surface area contributed by atoms with Gasteiger partial charge in [0, 0.05) is 12.1 Å². The fourth-order valence-electron chi connectivity index (χ4n) is 2.81. The zero-order valence-corrected chi connectivity index (χ0v) is 10.4. The van der Waals surface area contributed by atoms with Crippen molar-refractivity contribution in [1.82, 2.24) is 4.90 Å². The minimum Gasteiger partial charge on any atom is -0.368 e. The first-order chi connectivity index (χ1) is 6.95. The van der Waals surface area contributed by atoms with E-state index in [1.165, 1.54) is 19.3 Å². The highest BCUT2D eigenvalue weighted by atomic mass is 16.1. The lowest BCUT2D eigenvalue weighted by Crippen LogP contribution is -2.56. The van der Waals surface area contributed by atoms with Crippen molar-refractivity contribution in [1.29, 1.82) is 0 Å². The summed E-state index contributed by atoms with van der Waals surface area (Å²) in [4.78, 5) is 13.8. The summed E-state index contributed by atoms with van der Waals surface area (Å²) >= 11 is 0. The fourth-order valence-corrected chi connectivity index (χ4v) is 2.81. The van der Waals surface area contributed by atoms with Gasteiger partial charge in [-0.3, -0.25) is 9.69 Å². The van der Waals surface area contributed by atoms with E-state index in [1.807, 2.05) is 0 Å². The molecule has 0 saturated carbocycles. The van der Waals surface area contributed by atoms with Crippen LogP contribution in [0.15, 0.2) is 0 Å². The molecule has 2 N–H and O–H groups in total. The molecule has 1 saturated heterocycles. The maximum absolute atomic E-state index is 11.5. The van der Waals surface area contributed by atoms with Gasteiger partial charge in [0.05, 0.1) is 6.04 Å². The second kappa shape index (κ2) is 4.97. The highest BCUT2D eigenvalue weighted by molar-refractivity contribution is 5.80. The SMILES string of the molecule is CC(C)C(C(N)=O)N1C(C)CCCC1C. The average Bonchev–Trinajstić information content (AvgIpc) is 2.09. The Morgan fingerprint density at radius 2 is 1.73 bits per heavy atom. The van der Waals surface area contributed by atoms with Crippen molar-refractivity contribution >= 4 is 5.91 Å². The van der Waals surface area contributed by atoms with E-state index < -0.39 is 0 Å². The summed E-state index contributed by atoms with van der Waals surface area (Å²) in [5.74, 6) is 0.121. The van der Waals surface area contributed by atoms with Gasteiger partial charge in [0.1, 0.15) is 0 Å². The number of likely N-dealkylation sites (tertiary alicyclic amines) is 1. The van der Waals surface area contributed by atoms with Gasteiger partial charge in [0.15, 0.2) is 0 Å². The lowest BCUT2D eigenvalue weighted by molar-refractivity contribution is -0.128. The molecule has 1 rings (SSSR count). The van der Waals surface area contributed by atoms with E-state index in [0.717, 1.165) is 0 Å². The van der Waals surface area contributed by atoms with Gasteiger partial charge in [-0.25, -0.2) is 0 Å². The van der Waals surface area contributed by atoms with E-state index in [2.05, 4.69) is 32.6 Å². The summed E-state index contributed by atoms with van der Waals surface area (Å²) in [6.45, 7) is 8.55. The van der Waals surface area contributed by atoms with Gasteiger partial charge < -0.3 is 5.73 Å². The second-order valence-electron chi connectivity index (χ2n) is 5.17. The normalized spacial score (nSPS) is 30.5. The van der Waals surface area contributed by atoms with Crippen molar-refractivity contribution in [3.05, 3.63) is 0 Å². The Labute approximate surface area is 93.0 Å². The molecule has 1 aliphatic rings. The molecule has 0 radical (unpaired) electrons. The molecule has 0 bridgehead atoms. The van der Waals surface area contributed by atoms with Crippen molar-refractivity contribution in [2.75, 3.05) is 0 Å². The van der Waals surface area contributed by atoms with E-state index in [-0.39, 0.29) is 11.9 Å². The number of primary amides is 1. The predicted octanol–water partition coefficient (Wildman–Crippen LogP) is 1.76. The summed E-state index contributed by atoms with van der Waals surface area (Å²) in [6.07, 6.45) is 3.63. The number of nitrogens with zero attached hydrogens (tertiary/aromatic N) is 1. The Balaban J connectivity index is 2.84. The van der Waals surface area contributed by atoms with Crippen LogP contribution in [0.5, 0.6) is 0 Å². The maximum Gasteiger partial charge on any atom is 0.235 e. The molecule has 0 aliphatic carbocycles. The molecule has 0 aromatic rings. The minimum atomic E-state index is -0.175. The topological polar surface area (TPSA) is 46.3 Å². The number of hydrogen-bond acceptors (Lipinski definition) is 2. The van der Waals surface area contributed by atoms with Gasteiger partial charge in [-0.15, -0.1) is 0 Å². The first-order valence-corrected chi connectivity index (χ1v) is 6.02. The van der Waals surface area contributed by atoms with Gasteiger partial charge in [-0.2, -0.15) is 0 Å². The monoisotopic (exact) mass is 212 g/mol. The number of amides is 1. The van der Waals surface area contributed by atoms with E-state index in [9.17, 15) is 4.79 Å². The van der Waals surface area contributed by atoms with E-state index in [1.54, 1.807) is 0 Å². The molecule has 1 amide bonds. The molecule has 1 aliphatic heterocycles. The third kappa shape index (κ3) is 2.71. The van der Waals surface area contributed by atoms with Gasteiger partial charge in [-0.1, -0.05) is 20.3 Å². The smallest absolute Gasteiger partial charge is 0.235 e. The highest BCUT2D eigenvalue weighted by Crippen LogP contribution is 2.27. The van der Waals surface area contributed by atoms with Gasteiger partial charge in [-0.05, 0) is 32.6 Å². The van der Waals surface area contributed by atoms with Crippen LogP contribution < -0.4 is 5.73 Å².